The molecular weight excluding hydrogens is 445 g/mol. The number of alkyl halides is 3. The minimum absolute atomic E-state index is 0.127. The van der Waals surface area contributed by atoms with Crippen LogP contribution < -0.4 is 10.3 Å². The van der Waals surface area contributed by atoms with E-state index in [2.05, 4.69) is 18.6 Å². The molecule has 2 aromatic carbocycles. The lowest BCUT2D eigenvalue weighted by atomic mass is 9.86. The first kappa shape index (κ1) is 23.9. The van der Waals surface area contributed by atoms with E-state index >= 15 is 0 Å². The second-order valence-corrected chi connectivity index (χ2v) is 9.14. The minimum atomic E-state index is -4.95. The smallest absolute Gasteiger partial charge is 0.405 e. The van der Waals surface area contributed by atoms with E-state index in [4.69, 9.17) is 0 Å². The fraction of sp³-hybridized carbons (Fsp3) is 0.385. The van der Waals surface area contributed by atoms with E-state index in [1.54, 1.807) is 48.5 Å². The van der Waals surface area contributed by atoms with Gasteiger partial charge in [-0.05, 0) is 53.8 Å². The first-order valence-electron chi connectivity index (χ1n) is 11.3. The molecule has 180 valence electrons. The number of aromatic nitrogens is 1. The molecule has 0 aliphatic carbocycles. The minimum Gasteiger partial charge on any atom is -0.405 e. The van der Waals surface area contributed by atoms with Crippen molar-refractivity contribution in [2.24, 2.45) is 18.9 Å². The van der Waals surface area contributed by atoms with Gasteiger partial charge in [0.15, 0.2) is 0 Å². The summed E-state index contributed by atoms with van der Waals surface area (Å²) in [7, 11) is 1.59. The highest BCUT2D eigenvalue weighted by molar-refractivity contribution is 6.00. The van der Waals surface area contributed by atoms with Crippen molar-refractivity contribution in [3.05, 3.63) is 64.6 Å². The summed E-state index contributed by atoms with van der Waals surface area (Å²) < 4.78 is 45.5. The largest absolute Gasteiger partial charge is 0.573 e. The van der Waals surface area contributed by atoms with Crippen molar-refractivity contribution in [1.29, 1.82) is 0 Å². The molecule has 4 rings (SSSR count). The van der Waals surface area contributed by atoms with Crippen LogP contribution in [-0.4, -0.2) is 34.8 Å². The van der Waals surface area contributed by atoms with Crippen LogP contribution in [0.1, 0.15) is 37.0 Å². The summed E-state index contributed by atoms with van der Waals surface area (Å²) in [4.78, 5) is 27.3. The maximum Gasteiger partial charge on any atom is 0.573 e. The van der Waals surface area contributed by atoms with Gasteiger partial charge in [-0.1, -0.05) is 38.1 Å². The first-order chi connectivity index (χ1) is 16.0. The summed E-state index contributed by atoms with van der Waals surface area (Å²) in [6, 6.07) is 11.1. The number of hydrogen-bond acceptors (Lipinski definition) is 3. The summed E-state index contributed by atoms with van der Waals surface area (Å²) in [6.07, 6.45) is -1.73. The predicted molar refractivity (Wildman–Crippen MR) is 125 cm³/mol. The average Bonchev–Trinajstić information content (AvgIpc) is 2.80. The standard InChI is InChI=1S/C26H27F3N2O3/c1-16(2)17-10-12-31(13-11-17)25(33)21-9-8-18(14-23(21)34-26(27,28)29)22-15-30(3)24(32)20-7-5-4-6-19(20)22/h4-9,14-17H,10-13H2,1-3H3. The Balaban J connectivity index is 1.76. The van der Waals surface area contributed by atoms with Crippen molar-refractivity contribution in [3.8, 4) is 16.9 Å². The van der Waals surface area contributed by atoms with Crippen molar-refractivity contribution >= 4 is 16.7 Å². The molecule has 0 atom stereocenters. The molecule has 2 heterocycles. The number of piperidine rings is 1. The average molecular weight is 473 g/mol. The van der Waals surface area contributed by atoms with Crippen LogP contribution in [0.15, 0.2) is 53.5 Å². The molecule has 1 fully saturated rings. The van der Waals surface area contributed by atoms with Crippen molar-refractivity contribution in [1.82, 2.24) is 9.47 Å². The Bertz CT molecular complexity index is 1270. The van der Waals surface area contributed by atoms with Crippen LogP contribution in [0.4, 0.5) is 13.2 Å². The van der Waals surface area contributed by atoms with Gasteiger partial charge in [0.25, 0.3) is 11.5 Å². The number of amides is 1. The SMILES string of the molecule is CC(C)C1CCN(C(=O)c2ccc(-c3cn(C)c(=O)c4ccccc34)cc2OC(F)(F)F)CC1. The Kier molecular flexibility index (Phi) is 6.43. The number of hydrogen-bond donors (Lipinski definition) is 0. The number of carbonyl (C=O) groups excluding carboxylic acids is 1. The van der Waals surface area contributed by atoms with Gasteiger partial charge in [0.2, 0.25) is 0 Å². The normalized spacial score (nSPS) is 15.2. The van der Waals surface area contributed by atoms with Gasteiger partial charge in [-0.3, -0.25) is 9.59 Å². The van der Waals surface area contributed by atoms with Gasteiger partial charge in [0, 0.05) is 37.3 Å². The third-order valence-electron chi connectivity index (χ3n) is 6.61. The summed E-state index contributed by atoms with van der Waals surface area (Å²) in [6.45, 7) is 5.28. The fourth-order valence-corrected chi connectivity index (χ4v) is 4.66. The van der Waals surface area contributed by atoms with Crippen LogP contribution in [0.2, 0.25) is 0 Å². The van der Waals surface area contributed by atoms with E-state index in [0.29, 0.717) is 46.8 Å². The van der Waals surface area contributed by atoms with Crippen LogP contribution in [0.5, 0.6) is 5.75 Å². The van der Waals surface area contributed by atoms with Crippen LogP contribution in [-0.2, 0) is 7.05 Å². The maximum atomic E-state index is 13.3. The number of nitrogens with zero attached hydrogens (tertiary/aromatic N) is 2. The molecule has 0 N–H and O–H groups in total. The number of ether oxygens (including phenoxy) is 1. The third kappa shape index (κ3) is 4.81. The van der Waals surface area contributed by atoms with Gasteiger partial charge < -0.3 is 14.2 Å². The maximum absolute atomic E-state index is 13.3. The molecule has 3 aromatic rings. The van der Waals surface area contributed by atoms with E-state index in [-0.39, 0.29) is 11.1 Å². The molecule has 0 spiro atoms. The zero-order chi connectivity index (χ0) is 24.6. The van der Waals surface area contributed by atoms with Gasteiger partial charge in [0.1, 0.15) is 5.75 Å². The lowest BCUT2D eigenvalue weighted by Gasteiger charge is -2.34. The van der Waals surface area contributed by atoms with Crippen molar-refractivity contribution < 1.29 is 22.7 Å². The number of likely N-dealkylation sites (tertiary alicyclic amines) is 1. The summed E-state index contributed by atoms with van der Waals surface area (Å²) in [5, 5.41) is 1.06. The van der Waals surface area contributed by atoms with Crippen LogP contribution >= 0.6 is 0 Å². The van der Waals surface area contributed by atoms with Crippen molar-refractivity contribution in [3.63, 3.8) is 0 Å². The molecule has 0 bridgehead atoms. The van der Waals surface area contributed by atoms with Crippen LogP contribution in [0.3, 0.4) is 0 Å². The Morgan fingerprint density at radius 2 is 1.71 bits per heavy atom. The zero-order valence-electron chi connectivity index (χ0n) is 19.4. The monoisotopic (exact) mass is 472 g/mol. The number of rotatable bonds is 4. The van der Waals surface area contributed by atoms with E-state index in [1.165, 1.54) is 16.7 Å². The van der Waals surface area contributed by atoms with Gasteiger partial charge >= 0.3 is 6.36 Å². The molecule has 0 saturated carbocycles. The molecule has 1 saturated heterocycles. The molecule has 8 heteroatoms. The molecule has 1 aromatic heterocycles. The van der Waals surface area contributed by atoms with E-state index in [0.717, 1.165) is 12.8 Å². The molecule has 0 unspecified atom stereocenters. The molecule has 1 aliphatic rings. The molecule has 1 aliphatic heterocycles. The first-order valence-corrected chi connectivity index (χ1v) is 11.3. The molecule has 5 nitrogen and oxygen atoms in total. The predicted octanol–water partition coefficient (Wildman–Crippen LogP) is 5.61. The number of benzene rings is 2. The Labute approximate surface area is 195 Å². The van der Waals surface area contributed by atoms with Gasteiger partial charge in [-0.2, -0.15) is 0 Å². The number of carbonyl (C=O) groups is 1. The Hall–Kier alpha value is -3.29. The molecular formula is C26H27F3N2O3. The Morgan fingerprint density at radius 3 is 2.32 bits per heavy atom. The second-order valence-electron chi connectivity index (χ2n) is 9.14. The number of halogens is 3. The fourth-order valence-electron chi connectivity index (χ4n) is 4.66. The molecule has 0 radical (unpaired) electrons. The summed E-state index contributed by atoms with van der Waals surface area (Å²) in [5.41, 5.74) is 0.656. The molecule has 1 amide bonds. The summed E-state index contributed by atoms with van der Waals surface area (Å²) in [5.74, 6) is -0.0233. The van der Waals surface area contributed by atoms with E-state index in [1.807, 2.05) is 0 Å². The van der Waals surface area contributed by atoms with Crippen molar-refractivity contribution in [2.45, 2.75) is 33.1 Å². The van der Waals surface area contributed by atoms with Crippen LogP contribution in [0, 0.1) is 11.8 Å². The van der Waals surface area contributed by atoms with Gasteiger partial charge in [-0.25, -0.2) is 0 Å². The lowest BCUT2D eigenvalue weighted by molar-refractivity contribution is -0.274. The quantitative estimate of drug-likeness (QED) is 0.496. The molecule has 34 heavy (non-hydrogen) atoms. The highest BCUT2D eigenvalue weighted by Crippen LogP contribution is 2.35. The lowest BCUT2D eigenvalue weighted by Crippen LogP contribution is -2.39. The zero-order valence-corrected chi connectivity index (χ0v) is 19.4. The number of aryl methyl sites for hydroxylation is 1. The number of fused-ring (bicyclic) bond motifs is 1. The van der Waals surface area contributed by atoms with E-state index < -0.39 is 18.0 Å². The topological polar surface area (TPSA) is 51.5 Å². The third-order valence-corrected chi connectivity index (χ3v) is 6.61. The highest BCUT2D eigenvalue weighted by atomic mass is 19.4. The van der Waals surface area contributed by atoms with Crippen molar-refractivity contribution in [2.75, 3.05) is 13.1 Å². The highest BCUT2D eigenvalue weighted by Gasteiger charge is 2.34. The second kappa shape index (κ2) is 9.16. The van der Waals surface area contributed by atoms with Crippen LogP contribution in [0.25, 0.3) is 21.9 Å². The van der Waals surface area contributed by atoms with Gasteiger partial charge in [0.05, 0.1) is 5.56 Å². The van der Waals surface area contributed by atoms with Gasteiger partial charge in [-0.15, -0.1) is 13.2 Å². The van der Waals surface area contributed by atoms with E-state index in [9.17, 15) is 22.8 Å². The number of pyridine rings is 1. The summed E-state index contributed by atoms with van der Waals surface area (Å²) >= 11 is 0. The Morgan fingerprint density at radius 1 is 1.06 bits per heavy atom.